The molecule has 15 rings (SSSR count). The number of nitrogens with two attached hydrogens (primary N) is 2. The maximum Gasteiger partial charge on any atom is 0.375 e. The average Bonchev–Trinajstić information content (AvgIpc) is 1.66. The number of benzene rings is 4. The number of nitrogens with zero attached hydrogens (tertiary/aromatic N) is 9. The highest BCUT2D eigenvalue weighted by molar-refractivity contribution is 6.40. The van der Waals surface area contributed by atoms with Crippen LogP contribution in [0.5, 0.6) is 0 Å². The van der Waals surface area contributed by atoms with E-state index in [9.17, 15) is 53.1 Å². The van der Waals surface area contributed by atoms with Gasteiger partial charge in [0.2, 0.25) is 5.78 Å². The minimum Gasteiger partial charge on any atom is -0.477 e. The number of ketones is 4. The summed E-state index contributed by atoms with van der Waals surface area (Å²) in [6.07, 6.45) is 14.5. The molecule has 7 saturated carbocycles. The first-order chi connectivity index (χ1) is 51.8. The Kier molecular flexibility index (Phi) is 31.1. The van der Waals surface area contributed by atoms with Crippen LogP contribution in [-0.2, 0) is 47.8 Å². The van der Waals surface area contributed by atoms with Crippen LogP contribution in [0.1, 0.15) is 219 Å². The van der Waals surface area contributed by atoms with Crippen molar-refractivity contribution in [2.45, 2.75) is 154 Å². The van der Waals surface area contributed by atoms with Crippen LogP contribution in [0.3, 0.4) is 0 Å². The standard InChI is InChI=1S/C15H15ClN2O2.2C13H12ClN3O.C13H11ClN2O2.C10H15NO4.C9H12O4.C5H8O.ClH/c1-2-20-15(19)14-9-13(10-6-7-10)17-18(14)12-5-3-4-11(16)8-12;2*14-9-2-1-3-10(6-9)17-12(13(15)18)7-11(16-17)8-4-5-8;14-9-2-1-3-10(6-9)16-12(13(17)18)7-11(15-16)8-4-5-8;1-3-15-10(13)8(11-14-2)6-9(12)7-4-5-7;1-2-13-9(12)8(11)5-7(10)6-3-4-6;1-4(6)5-2-3-5;/h3-5,8-10H,2,6-7H2,1H3;2*1-3,6-8H,4-5H2,(H2,15,18);1-3,6-8H,4-5H2,(H,17,18);7H,3-6H2,1-2H3;6H,2-5H2,1H3;5H,2-3H2,1H3;1H/b;;;;11-8-;;;. The van der Waals surface area contributed by atoms with E-state index < -0.39 is 35.5 Å². The van der Waals surface area contributed by atoms with Crippen molar-refractivity contribution in [1.82, 2.24) is 39.1 Å². The van der Waals surface area contributed by atoms with Crippen LogP contribution in [0.2, 0.25) is 20.1 Å². The third-order valence-electron chi connectivity index (χ3n) is 17.4. The fourth-order valence-corrected chi connectivity index (χ4v) is 11.4. The second-order valence-corrected chi connectivity index (χ2v) is 28.3. The summed E-state index contributed by atoms with van der Waals surface area (Å²) in [5.74, 6) is -1.75. The first-order valence-corrected chi connectivity index (χ1v) is 37.3. The molecule has 26 nitrogen and oxygen atoms in total. The fraction of sp³-hybridized carbons (Fsp3) is 0.397. The summed E-state index contributed by atoms with van der Waals surface area (Å²) >= 11 is 23.8. The molecule has 4 aromatic carbocycles. The van der Waals surface area contributed by atoms with Crippen LogP contribution in [0.15, 0.2) is 126 Å². The lowest BCUT2D eigenvalue weighted by Crippen LogP contribution is -2.22. The molecule has 0 spiro atoms. The summed E-state index contributed by atoms with van der Waals surface area (Å²) in [6, 6.07) is 35.8. The van der Waals surface area contributed by atoms with E-state index in [0.29, 0.717) is 84.8 Å². The Morgan fingerprint density at radius 2 is 0.752 bits per heavy atom. The molecule has 0 saturated heterocycles. The number of hydrogen-bond donors (Lipinski definition) is 3. The highest BCUT2D eigenvalue weighted by atomic mass is 35.5. The van der Waals surface area contributed by atoms with Crippen molar-refractivity contribution < 1.29 is 72.1 Å². The van der Waals surface area contributed by atoms with Crippen LogP contribution in [-0.4, -0.2) is 136 Å². The fourth-order valence-electron chi connectivity index (χ4n) is 10.6. The normalized spacial score (nSPS) is 15.1. The van der Waals surface area contributed by atoms with Gasteiger partial charge >= 0.3 is 23.9 Å². The van der Waals surface area contributed by atoms with Crippen LogP contribution in [0.4, 0.5) is 0 Å². The van der Waals surface area contributed by atoms with Crippen molar-refractivity contribution in [2.75, 3.05) is 26.9 Å². The van der Waals surface area contributed by atoms with Crippen molar-refractivity contribution in [2.24, 2.45) is 34.4 Å². The summed E-state index contributed by atoms with van der Waals surface area (Å²) in [6.45, 7) is 7.55. The van der Waals surface area contributed by atoms with Crippen molar-refractivity contribution in [3.63, 3.8) is 0 Å². The Morgan fingerprint density at radius 3 is 1.04 bits per heavy atom. The zero-order valence-corrected chi connectivity index (χ0v) is 64.6. The summed E-state index contributed by atoms with van der Waals surface area (Å²) in [7, 11) is 1.33. The quantitative estimate of drug-likeness (QED) is 0.0119. The van der Waals surface area contributed by atoms with E-state index in [2.05, 4.69) is 35.1 Å². The van der Waals surface area contributed by atoms with Gasteiger partial charge in [0.1, 0.15) is 35.8 Å². The Morgan fingerprint density at radius 1 is 0.440 bits per heavy atom. The minimum absolute atomic E-state index is 0. The predicted molar refractivity (Wildman–Crippen MR) is 410 cm³/mol. The van der Waals surface area contributed by atoms with Gasteiger partial charge in [0.15, 0.2) is 17.1 Å². The number of oxime groups is 1. The van der Waals surface area contributed by atoms with Crippen molar-refractivity contribution >= 4 is 123 Å². The summed E-state index contributed by atoms with van der Waals surface area (Å²) in [5, 5.41) is 33.0. The Balaban J connectivity index is 0.000000162. The number of ether oxygens (including phenoxy) is 3. The Hall–Kier alpha value is -9.86. The molecule has 0 radical (unpaired) electrons. The van der Waals surface area contributed by atoms with E-state index in [1.165, 1.54) is 11.8 Å². The molecule has 109 heavy (non-hydrogen) atoms. The second-order valence-electron chi connectivity index (χ2n) is 26.5. The number of hydrogen-bond acceptors (Lipinski definition) is 19. The molecule has 0 bridgehead atoms. The van der Waals surface area contributed by atoms with Crippen molar-refractivity contribution in [3.05, 3.63) is 187 Å². The van der Waals surface area contributed by atoms with E-state index in [1.807, 2.05) is 42.5 Å². The van der Waals surface area contributed by atoms with Gasteiger partial charge in [-0.2, -0.15) is 20.4 Å². The molecule has 8 aromatic rings. The average molecular weight is 1590 g/mol. The van der Waals surface area contributed by atoms with Gasteiger partial charge in [-0.3, -0.25) is 28.8 Å². The molecule has 7 aliphatic rings. The number of carboxylic acids is 1. The number of carbonyl (C=O) groups excluding carboxylic acids is 9. The number of primary amides is 2. The number of rotatable bonds is 25. The van der Waals surface area contributed by atoms with Gasteiger partial charge in [-0.05, 0) is 215 Å². The zero-order chi connectivity index (χ0) is 77.9. The molecule has 7 aliphatic carbocycles. The monoisotopic (exact) mass is 1590 g/mol. The second kappa shape index (κ2) is 40.0. The van der Waals surface area contributed by atoms with E-state index in [1.54, 1.807) is 121 Å². The number of amides is 2. The van der Waals surface area contributed by atoms with Gasteiger partial charge in [-0.25, -0.2) is 37.9 Å². The maximum atomic E-state index is 12.1. The van der Waals surface area contributed by atoms with Gasteiger partial charge in [0, 0.05) is 61.5 Å². The Labute approximate surface area is 655 Å². The largest absolute Gasteiger partial charge is 0.477 e. The summed E-state index contributed by atoms with van der Waals surface area (Å²) < 4.78 is 20.5. The third-order valence-corrected chi connectivity index (χ3v) is 18.4. The Bertz CT molecular complexity index is 4370. The van der Waals surface area contributed by atoms with Crippen LogP contribution < -0.4 is 11.5 Å². The molecular formula is C78H86Cl5N11O15. The topological polar surface area (TPSA) is 364 Å². The van der Waals surface area contributed by atoms with Crippen molar-refractivity contribution in [1.29, 1.82) is 0 Å². The number of aromatic nitrogens is 8. The number of Topliss-reactive ketones (excluding diaryl/α,β-unsaturated/α-hetero) is 4. The number of halogens is 5. The molecule has 7 fully saturated rings. The molecule has 5 N–H and O–H groups in total. The van der Waals surface area contributed by atoms with Crippen LogP contribution >= 0.6 is 58.8 Å². The molecule has 31 heteroatoms. The lowest BCUT2D eigenvalue weighted by Gasteiger charge is -2.07. The molecule has 0 aliphatic heterocycles. The molecular weight excluding hydrogens is 1510 g/mol. The number of carboxylic acid groups (broad SMARTS) is 1. The highest BCUT2D eigenvalue weighted by Gasteiger charge is 2.36. The van der Waals surface area contributed by atoms with Gasteiger partial charge < -0.3 is 35.6 Å². The first-order valence-electron chi connectivity index (χ1n) is 35.7. The van der Waals surface area contributed by atoms with Crippen LogP contribution in [0, 0.1) is 17.8 Å². The van der Waals surface area contributed by atoms with Gasteiger partial charge in [0.25, 0.3) is 11.8 Å². The lowest BCUT2D eigenvalue weighted by atomic mass is 10.1. The first kappa shape index (κ1) is 84.8. The minimum atomic E-state index is -0.977. The van der Waals surface area contributed by atoms with Gasteiger partial charge in [-0.15, -0.1) is 12.4 Å². The van der Waals surface area contributed by atoms with Crippen LogP contribution in [0.25, 0.3) is 22.7 Å². The highest BCUT2D eigenvalue weighted by Crippen LogP contribution is 2.43. The summed E-state index contributed by atoms with van der Waals surface area (Å²) in [4.78, 5) is 117. The molecule has 578 valence electrons. The van der Waals surface area contributed by atoms with E-state index in [4.69, 9.17) is 67.3 Å². The lowest BCUT2D eigenvalue weighted by molar-refractivity contribution is -0.154. The number of esters is 3. The number of aromatic carboxylic acids is 1. The maximum absolute atomic E-state index is 12.1. The van der Waals surface area contributed by atoms with Gasteiger partial charge in [0.05, 0.1) is 78.2 Å². The van der Waals surface area contributed by atoms with E-state index >= 15 is 0 Å². The molecule has 0 atom stereocenters. The molecule has 2 amide bonds. The SMILES string of the molecule is CC(=O)C1CC1.CCOC(=O)/C(CC(=O)C1CC1)=N\OC.CCOC(=O)C(=O)CC(=O)C1CC1.CCOC(=O)c1cc(C2CC2)nn1-c1cccc(Cl)c1.Cl.NC(=O)c1cc(C2CC2)nn1-c1cccc(Cl)c1.NC(=O)c1cc(C2CC2)nn1-c1cccc(Cl)c1.O=C(O)c1cc(C2CC2)nn1-c1cccc(Cl)c1. The van der Waals surface area contributed by atoms with E-state index in [-0.39, 0.29) is 79.2 Å². The van der Waals surface area contributed by atoms with Gasteiger partial charge in [-0.1, -0.05) is 75.8 Å². The zero-order valence-electron chi connectivity index (χ0n) is 60.8. The molecule has 0 unspecified atom stereocenters. The van der Waals surface area contributed by atoms with E-state index in [0.717, 1.165) is 130 Å². The number of carbonyl (C=O) groups is 10. The molecule has 4 heterocycles. The predicted octanol–water partition coefficient (Wildman–Crippen LogP) is 14.5. The smallest absolute Gasteiger partial charge is 0.375 e. The van der Waals surface area contributed by atoms with Crippen molar-refractivity contribution in [3.8, 4) is 22.7 Å². The molecule has 4 aromatic heterocycles. The summed E-state index contributed by atoms with van der Waals surface area (Å²) in [5.41, 5.74) is 18.9. The third kappa shape index (κ3) is 25.9.